The zero-order valence-corrected chi connectivity index (χ0v) is 13.9. The fraction of sp³-hybridized carbons (Fsp3) is 0.333. The highest BCUT2D eigenvalue weighted by atomic mass is 16.5. The van der Waals surface area contributed by atoms with Crippen molar-refractivity contribution in [2.24, 2.45) is 0 Å². The number of aromatic nitrogens is 1. The van der Waals surface area contributed by atoms with Crippen LogP contribution in [0.15, 0.2) is 36.5 Å². The van der Waals surface area contributed by atoms with Gasteiger partial charge in [-0.05, 0) is 25.1 Å². The number of anilines is 1. The van der Waals surface area contributed by atoms with Crippen LogP contribution in [0.4, 0.5) is 5.69 Å². The predicted octanol–water partition coefficient (Wildman–Crippen LogP) is 2.19. The van der Waals surface area contributed by atoms with Gasteiger partial charge in [0.05, 0.1) is 12.8 Å². The number of ketones is 1. The quantitative estimate of drug-likeness (QED) is 0.874. The standard InChI is InChI=1S/C18H21N3O3/c1-13(22)14-11-15(19-12-14)18(23)21-9-7-20(8-10-21)16-5-3-4-6-17(16)24-2/h3-6,11-12,19H,7-10H2,1-2H3. The van der Waals surface area contributed by atoms with E-state index in [1.165, 1.54) is 6.92 Å². The van der Waals surface area contributed by atoms with Crippen molar-refractivity contribution in [3.05, 3.63) is 47.8 Å². The van der Waals surface area contributed by atoms with Gasteiger partial charge in [0.2, 0.25) is 0 Å². The second-order valence-electron chi connectivity index (χ2n) is 5.81. The molecule has 2 heterocycles. The van der Waals surface area contributed by atoms with Gasteiger partial charge in [-0.15, -0.1) is 0 Å². The van der Waals surface area contributed by atoms with Crippen molar-refractivity contribution < 1.29 is 14.3 Å². The third-order valence-corrected chi connectivity index (χ3v) is 4.31. The third kappa shape index (κ3) is 3.13. The maximum atomic E-state index is 12.5. The van der Waals surface area contributed by atoms with Gasteiger partial charge in [0.1, 0.15) is 11.4 Å². The van der Waals surface area contributed by atoms with Crippen LogP contribution in [0.1, 0.15) is 27.8 Å². The molecule has 0 saturated carbocycles. The van der Waals surface area contributed by atoms with Gasteiger partial charge in [-0.1, -0.05) is 12.1 Å². The number of Topliss-reactive ketones (excluding diaryl/α,β-unsaturated/α-hetero) is 1. The molecular weight excluding hydrogens is 306 g/mol. The number of aromatic amines is 1. The van der Waals surface area contributed by atoms with Crippen LogP contribution < -0.4 is 9.64 Å². The van der Waals surface area contributed by atoms with Gasteiger partial charge in [-0.25, -0.2) is 0 Å². The molecule has 3 rings (SSSR count). The summed E-state index contributed by atoms with van der Waals surface area (Å²) >= 11 is 0. The molecule has 1 aromatic heterocycles. The van der Waals surface area contributed by atoms with E-state index in [1.54, 1.807) is 19.4 Å². The van der Waals surface area contributed by atoms with Crippen molar-refractivity contribution in [2.75, 3.05) is 38.2 Å². The lowest BCUT2D eigenvalue weighted by molar-refractivity contribution is 0.0741. The Balaban J connectivity index is 1.66. The molecule has 1 N–H and O–H groups in total. The van der Waals surface area contributed by atoms with E-state index >= 15 is 0 Å². The van der Waals surface area contributed by atoms with E-state index in [-0.39, 0.29) is 11.7 Å². The van der Waals surface area contributed by atoms with Crippen molar-refractivity contribution in [1.82, 2.24) is 9.88 Å². The smallest absolute Gasteiger partial charge is 0.270 e. The number of methoxy groups -OCH3 is 1. The van der Waals surface area contributed by atoms with Crippen LogP contribution >= 0.6 is 0 Å². The number of nitrogens with zero attached hydrogens (tertiary/aromatic N) is 2. The van der Waals surface area contributed by atoms with Gasteiger partial charge in [0.15, 0.2) is 5.78 Å². The molecule has 0 unspecified atom stereocenters. The maximum Gasteiger partial charge on any atom is 0.270 e. The summed E-state index contributed by atoms with van der Waals surface area (Å²) in [5.41, 5.74) is 2.04. The van der Waals surface area contributed by atoms with Gasteiger partial charge in [-0.3, -0.25) is 9.59 Å². The minimum Gasteiger partial charge on any atom is -0.495 e. The maximum absolute atomic E-state index is 12.5. The fourth-order valence-corrected chi connectivity index (χ4v) is 2.93. The zero-order chi connectivity index (χ0) is 17.1. The molecule has 6 heteroatoms. The first-order chi connectivity index (χ1) is 11.6. The highest BCUT2D eigenvalue weighted by Gasteiger charge is 2.24. The summed E-state index contributed by atoms with van der Waals surface area (Å²) in [6.07, 6.45) is 1.58. The molecule has 0 aliphatic carbocycles. The number of ether oxygens (including phenoxy) is 1. The largest absolute Gasteiger partial charge is 0.495 e. The summed E-state index contributed by atoms with van der Waals surface area (Å²) in [5, 5.41) is 0. The lowest BCUT2D eigenvalue weighted by Gasteiger charge is -2.36. The molecule has 1 amide bonds. The second kappa shape index (κ2) is 6.78. The van der Waals surface area contributed by atoms with Crippen molar-refractivity contribution in [2.45, 2.75) is 6.92 Å². The topological polar surface area (TPSA) is 65.6 Å². The van der Waals surface area contributed by atoms with Crippen LogP contribution in [0.25, 0.3) is 0 Å². The van der Waals surface area contributed by atoms with Crippen molar-refractivity contribution in [3.63, 3.8) is 0 Å². The van der Waals surface area contributed by atoms with E-state index in [2.05, 4.69) is 9.88 Å². The van der Waals surface area contributed by atoms with Gasteiger partial charge in [0, 0.05) is 37.9 Å². The summed E-state index contributed by atoms with van der Waals surface area (Å²) in [4.78, 5) is 30.8. The zero-order valence-electron chi connectivity index (χ0n) is 13.9. The van der Waals surface area contributed by atoms with Crippen LogP contribution in [0.5, 0.6) is 5.75 Å². The van der Waals surface area contributed by atoms with Crippen molar-refractivity contribution in [3.8, 4) is 5.75 Å². The number of para-hydroxylation sites is 2. The van der Waals surface area contributed by atoms with Crippen molar-refractivity contribution in [1.29, 1.82) is 0 Å². The molecule has 1 aliphatic rings. The molecule has 2 aromatic rings. The molecule has 126 valence electrons. The molecule has 0 atom stereocenters. The van der Waals surface area contributed by atoms with E-state index in [0.717, 1.165) is 24.5 Å². The van der Waals surface area contributed by atoms with Gasteiger partial charge in [0.25, 0.3) is 5.91 Å². The SMILES string of the molecule is COc1ccccc1N1CCN(C(=O)c2cc(C(C)=O)c[nH]2)CC1. The number of benzene rings is 1. The minimum atomic E-state index is -0.0674. The Labute approximate surface area is 141 Å². The highest BCUT2D eigenvalue weighted by Crippen LogP contribution is 2.28. The fourth-order valence-electron chi connectivity index (χ4n) is 2.93. The van der Waals surface area contributed by atoms with E-state index in [9.17, 15) is 9.59 Å². The normalized spacial score (nSPS) is 14.6. The van der Waals surface area contributed by atoms with E-state index in [0.29, 0.717) is 24.3 Å². The average Bonchev–Trinajstić information content (AvgIpc) is 3.11. The Hall–Kier alpha value is -2.76. The first kappa shape index (κ1) is 16.1. The first-order valence-corrected chi connectivity index (χ1v) is 7.96. The summed E-state index contributed by atoms with van der Waals surface area (Å²) < 4.78 is 5.41. The number of piperazine rings is 1. The molecule has 24 heavy (non-hydrogen) atoms. The Morgan fingerprint density at radius 2 is 1.83 bits per heavy atom. The first-order valence-electron chi connectivity index (χ1n) is 7.96. The van der Waals surface area contributed by atoms with Crippen LogP contribution in [0, 0.1) is 0 Å². The summed E-state index contributed by atoms with van der Waals surface area (Å²) in [6.45, 7) is 4.23. The number of hydrogen-bond acceptors (Lipinski definition) is 4. The average molecular weight is 327 g/mol. The van der Waals surface area contributed by atoms with Crippen LogP contribution in [0.2, 0.25) is 0 Å². The molecule has 1 saturated heterocycles. The number of nitrogens with one attached hydrogen (secondary N) is 1. The lowest BCUT2D eigenvalue weighted by Crippen LogP contribution is -2.49. The third-order valence-electron chi connectivity index (χ3n) is 4.31. The van der Waals surface area contributed by atoms with Gasteiger partial charge >= 0.3 is 0 Å². The van der Waals surface area contributed by atoms with E-state index in [4.69, 9.17) is 4.74 Å². The molecule has 0 radical (unpaired) electrons. The minimum absolute atomic E-state index is 0.0497. The van der Waals surface area contributed by atoms with Gasteiger partial charge < -0.3 is 19.5 Å². The predicted molar refractivity (Wildman–Crippen MR) is 91.9 cm³/mol. The van der Waals surface area contributed by atoms with Crippen LogP contribution in [-0.2, 0) is 0 Å². The second-order valence-corrected chi connectivity index (χ2v) is 5.81. The number of amides is 1. The molecule has 1 fully saturated rings. The molecule has 6 nitrogen and oxygen atoms in total. The Morgan fingerprint density at radius 1 is 1.12 bits per heavy atom. The number of rotatable bonds is 4. The molecule has 0 bridgehead atoms. The Morgan fingerprint density at radius 3 is 2.46 bits per heavy atom. The summed E-state index contributed by atoms with van der Waals surface area (Å²) in [6, 6.07) is 9.52. The number of carbonyl (C=O) groups excluding carboxylic acids is 2. The summed E-state index contributed by atoms with van der Waals surface area (Å²) in [7, 11) is 1.66. The van der Waals surface area contributed by atoms with Crippen molar-refractivity contribution >= 4 is 17.4 Å². The lowest BCUT2D eigenvalue weighted by atomic mass is 10.2. The van der Waals surface area contributed by atoms with E-state index < -0.39 is 0 Å². The Kier molecular flexibility index (Phi) is 4.55. The number of H-pyrrole nitrogens is 1. The Bertz CT molecular complexity index is 745. The molecular formula is C18H21N3O3. The molecule has 0 spiro atoms. The summed E-state index contributed by atoms with van der Waals surface area (Å²) in [5.74, 6) is 0.723. The molecule has 1 aliphatic heterocycles. The molecule has 1 aromatic carbocycles. The van der Waals surface area contributed by atoms with Gasteiger partial charge in [-0.2, -0.15) is 0 Å². The number of carbonyl (C=O) groups is 2. The highest BCUT2D eigenvalue weighted by molar-refractivity contribution is 5.99. The van der Waals surface area contributed by atoms with Crippen LogP contribution in [-0.4, -0.2) is 54.9 Å². The van der Waals surface area contributed by atoms with Crippen LogP contribution in [0.3, 0.4) is 0 Å². The van der Waals surface area contributed by atoms with E-state index in [1.807, 2.05) is 29.2 Å². The number of hydrogen-bond donors (Lipinski definition) is 1. The monoisotopic (exact) mass is 327 g/mol.